The molecule has 0 aliphatic rings. The number of aryl methyl sites for hydroxylation is 2. The summed E-state index contributed by atoms with van der Waals surface area (Å²) in [4.78, 5) is 54.6. The van der Waals surface area contributed by atoms with Gasteiger partial charge in [-0.15, -0.1) is 10.2 Å². The number of rotatable bonds is 9. The number of unbranched alkanes of at least 4 members (excludes halogenated alkanes) is 1. The van der Waals surface area contributed by atoms with Crippen LogP contribution >= 0.6 is 0 Å². The van der Waals surface area contributed by atoms with Crippen molar-refractivity contribution in [2.75, 3.05) is 0 Å². The molecule has 0 aliphatic heterocycles. The second-order valence-corrected chi connectivity index (χ2v) is 7.38. The molecule has 0 aliphatic carbocycles. The number of nitrogens with one attached hydrogen (secondary N) is 2. The van der Waals surface area contributed by atoms with Crippen LogP contribution < -0.4 is 21.5 Å². The summed E-state index contributed by atoms with van der Waals surface area (Å²) in [5.41, 5.74) is -1.32. The lowest BCUT2D eigenvalue weighted by atomic mass is 10.3. The van der Waals surface area contributed by atoms with Crippen LogP contribution in [0.25, 0.3) is 17.0 Å². The molecule has 14 heteroatoms. The van der Waals surface area contributed by atoms with Crippen LogP contribution in [-0.4, -0.2) is 50.2 Å². The number of hydrogen-bond acceptors (Lipinski definition) is 8. The number of aromatic nitrogens is 8. The SMILES string of the molecule is CCCCn1c(=O)[nH]c(=O)c2c1nc(COc1ccc(-n3[nH]c(C(=O)O)cc3=O)nn1)n2CC. The standard InChI is InChI=1S/C20H22N8O6/c1-3-5-8-27-17-16(18(30)22-20(27)33)26(4-2)13(21-17)10-34-14-7-6-12(23-24-14)28-15(29)9-11(25-28)19(31)32/h6-7,9,25H,3-5,8,10H2,1-2H3,(H,31,32)(H,22,30,33). The first-order valence-corrected chi connectivity index (χ1v) is 10.6. The van der Waals surface area contributed by atoms with Crippen LogP contribution in [0.3, 0.4) is 0 Å². The summed E-state index contributed by atoms with van der Waals surface area (Å²) in [6, 6.07) is 3.83. The van der Waals surface area contributed by atoms with Crippen LogP contribution in [0.1, 0.15) is 43.0 Å². The summed E-state index contributed by atoms with van der Waals surface area (Å²) in [5.74, 6) is -0.649. The highest BCUT2D eigenvalue weighted by atomic mass is 16.5. The van der Waals surface area contributed by atoms with Crippen molar-refractivity contribution in [1.82, 2.24) is 39.1 Å². The molecule has 0 spiro atoms. The van der Waals surface area contributed by atoms with Crippen LogP contribution in [0.15, 0.2) is 32.6 Å². The van der Waals surface area contributed by atoms with Crippen LogP contribution in [0.2, 0.25) is 0 Å². The van der Waals surface area contributed by atoms with Crippen molar-refractivity contribution in [3.63, 3.8) is 0 Å². The molecule has 178 valence electrons. The number of H-pyrrole nitrogens is 2. The van der Waals surface area contributed by atoms with E-state index in [2.05, 4.69) is 25.3 Å². The zero-order valence-corrected chi connectivity index (χ0v) is 18.4. The molecule has 0 unspecified atom stereocenters. The molecule has 0 radical (unpaired) electrons. The lowest BCUT2D eigenvalue weighted by Crippen LogP contribution is -2.31. The molecule has 0 amide bonds. The van der Waals surface area contributed by atoms with Gasteiger partial charge >= 0.3 is 11.7 Å². The van der Waals surface area contributed by atoms with E-state index in [0.717, 1.165) is 23.6 Å². The van der Waals surface area contributed by atoms with E-state index in [-0.39, 0.29) is 24.0 Å². The number of carboxylic acids is 1. The normalized spacial score (nSPS) is 11.2. The molecule has 4 heterocycles. The Morgan fingerprint density at radius 1 is 1.15 bits per heavy atom. The number of carboxylic acid groups (broad SMARTS) is 1. The van der Waals surface area contributed by atoms with E-state index in [9.17, 15) is 19.2 Å². The molecule has 14 nitrogen and oxygen atoms in total. The maximum Gasteiger partial charge on any atom is 0.353 e. The van der Waals surface area contributed by atoms with Crippen LogP contribution in [-0.2, 0) is 19.7 Å². The number of nitrogens with zero attached hydrogens (tertiary/aromatic N) is 6. The molecule has 0 saturated heterocycles. The Balaban J connectivity index is 1.60. The first-order chi connectivity index (χ1) is 16.3. The van der Waals surface area contributed by atoms with Crippen molar-refractivity contribution in [2.24, 2.45) is 0 Å². The number of aromatic amines is 2. The summed E-state index contributed by atoms with van der Waals surface area (Å²) in [5, 5.41) is 19.2. The Hall–Kier alpha value is -4.49. The van der Waals surface area contributed by atoms with E-state index in [1.54, 1.807) is 4.57 Å². The quantitative estimate of drug-likeness (QED) is 0.309. The number of hydrogen-bond donors (Lipinski definition) is 3. The van der Waals surface area contributed by atoms with Crippen LogP contribution in [0.4, 0.5) is 0 Å². The van der Waals surface area contributed by atoms with E-state index in [1.165, 1.54) is 16.7 Å². The maximum atomic E-state index is 12.5. The fourth-order valence-corrected chi connectivity index (χ4v) is 3.52. The van der Waals surface area contributed by atoms with Gasteiger partial charge in [-0.1, -0.05) is 13.3 Å². The van der Waals surface area contributed by atoms with Gasteiger partial charge in [0, 0.05) is 25.2 Å². The topological polar surface area (TPSA) is 183 Å². The second kappa shape index (κ2) is 9.17. The largest absolute Gasteiger partial charge is 0.477 e. The maximum absolute atomic E-state index is 12.5. The summed E-state index contributed by atoms with van der Waals surface area (Å²) in [7, 11) is 0. The Bertz CT molecular complexity index is 1520. The summed E-state index contributed by atoms with van der Waals surface area (Å²) >= 11 is 0. The van der Waals surface area contributed by atoms with E-state index in [4.69, 9.17) is 9.84 Å². The minimum Gasteiger partial charge on any atom is -0.477 e. The van der Waals surface area contributed by atoms with E-state index >= 15 is 0 Å². The Labute approximate surface area is 190 Å². The number of ether oxygens (including phenoxy) is 1. The number of carbonyl (C=O) groups is 1. The summed E-state index contributed by atoms with van der Waals surface area (Å²) in [6.07, 6.45) is 1.63. The fourth-order valence-electron chi connectivity index (χ4n) is 3.52. The average Bonchev–Trinajstić information content (AvgIpc) is 3.39. The first kappa shape index (κ1) is 22.7. The lowest BCUT2D eigenvalue weighted by Gasteiger charge is -2.07. The van der Waals surface area contributed by atoms with Gasteiger partial charge in [0.1, 0.15) is 18.1 Å². The Kier molecular flexibility index (Phi) is 6.12. The van der Waals surface area contributed by atoms with Gasteiger partial charge in [0.05, 0.1) is 0 Å². The highest BCUT2D eigenvalue weighted by molar-refractivity contribution is 5.85. The first-order valence-electron chi connectivity index (χ1n) is 10.6. The molecule has 0 atom stereocenters. The van der Waals surface area contributed by atoms with Crippen molar-refractivity contribution >= 4 is 17.1 Å². The fraction of sp³-hybridized carbons (Fsp3) is 0.350. The van der Waals surface area contributed by atoms with Gasteiger partial charge in [0.2, 0.25) is 5.88 Å². The minimum atomic E-state index is -1.28. The van der Waals surface area contributed by atoms with Gasteiger partial charge in [-0.25, -0.2) is 14.6 Å². The molecule has 4 aromatic heterocycles. The lowest BCUT2D eigenvalue weighted by molar-refractivity contribution is 0.0690. The minimum absolute atomic E-state index is 0.0520. The molecular formula is C20H22N8O6. The monoisotopic (exact) mass is 470 g/mol. The van der Waals surface area contributed by atoms with Crippen LogP contribution in [0.5, 0.6) is 5.88 Å². The van der Waals surface area contributed by atoms with Gasteiger partial charge in [-0.2, -0.15) is 4.68 Å². The highest BCUT2D eigenvalue weighted by Gasteiger charge is 2.18. The number of imidazole rings is 1. The second-order valence-electron chi connectivity index (χ2n) is 7.38. The molecular weight excluding hydrogens is 448 g/mol. The molecule has 4 rings (SSSR count). The van der Waals surface area contributed by atoms with Crippen molar-refractivity contribution in [3.8, 4) is 11.7 Å². The van der Waals surface area contributed by atoms with Gasteiger partial charge in [0.15, 0.2) is 17.0 Å². The Morgan fingerprint density at radius 3 is 2.56 bits per heavy atom. The molecule has 3 N–H and O–H groups in total. The molecule has 0 bridgehead atoms. The average molecular weight is 470 g/mol. The van der Waals surface area contributed by atoms with Gasteiger partial charge < -0.3 is 14.4 Å². The van der Waals surface area contributed by atoms with Crippen molar-refractivity contribution in [2.45, 2.75) is 46.4 Å². The molecule has 0 aromatic carbocycles. The third-order valence-corrected chi connectivity index (χ3v) is 5.17. The van der Waals surface area contributed by atoms with Gasteiger partial charge in [-0.3, -0.25) is 24.2 Å². The van der Waals surface area contributed by atoms with Crippen LogP contribution in [0, 0.1) is 0 Å². The third kappa shape index (κ3) is 4.12. The highest BCUT2D eigenvalue weighted by Crippen LogP contribution is 2.15. The predicted octanol–water partition coefficient (Wildman–Crippen LogP) is 0.253. The third-order valence-electron chi connectivity index (χ3n) is 5.17. The number of aromatic carboxylic acids is 1. The van der Waals surface area contributed by atoms with Crippen molar-refractivity contribution in [1.29, 1.82) is 0 Å². The van der Waals surface area contributed by atoms with E-state index in [1.807, 2.05) is 13.8 Å². The number of fused-ring (bicyclic) bond motifs is 1. The molecule has 0 saturated carbocycles. The summed E-state index contributed by atoms with van der Waals surface area (Å²) in [6.45, 7) is 4.65. The van der Waals surface area contributed by atoms with Gasteiger partial charge in [0.25, 0.3) is 11.1 Å². The van der Waals surface area contributed by atoms with E-state index < -0.39 is 22.8 Å². The van der Waals surface area contributed by atoms with E-state index in [0.29, 0.717) is 30.1 Å². The zero-order chi connectivity index (χ0) is 24.4. The Morgan fingerprint density at radius 2 is 1.94 bits per heavy atom. The molecule has 0 fully saturated rings. The predicted molar refractivity (Wildman–Crippen MR) is 118 cm³/mol. The molecule has 34 heavy (non-hydrogen) atoms. The summed E-state index contributed by atoms with van der Waals surface area (Å²) < 4.78 is 9.73. The van der Waals surface area contributed by atoms with Crippen molar-refractivity contribution < 1.29 is 14.6 Å². The van der Waals surface area contributed by atoms with Gasteiger partial charge in [-0.05, 0) is 19.4 Å². The zero-order valence-electron chi connectivity index (χ0n) is 18.4. The smallest absolute Gasteiger partial charge is 0.353 e. The van der Waals surface area contributed by atoms with Crippen molar-refractivity contribution in [3.05, 3.63) is 60.9 Å². The molecule has 4 aromatic rings.